The predicted molar refractivity (Wildman–Crippen MR) is 112 cm³/mol. The molecular formula is C20H25ClN4O3S. The molecule has 0 bridgehead atoms. The fraction of sp³-hybridized carbons (Fsp3) is 0.450. The van der Waals surface area contributed by atoms with Crippen LogP contribution >= 0.6 is 11.6 Å². The van der Waals surface area contributed by atoms with Crippen LogP contribution in [-0.4, -0.2) is 59.7 Å². The number of nitrogens with zero attached hydrogens (tertiary/aromatic N) is 4. The highest BCUT2D eigenvalue weighted by Crippen LogP contribution is 2.23. The van der Waals surface area contributed by atoms with E-state index in [0.29, 0.717) is 11.7 Å². The minimum atomic E-state index is -3.60. The number of carbonyl (C=O) groups is 1. The zero-order valence-electron chi connectivity index (χ0n) is 16.8. The molecule has 1 fully saturated rings. The van der Waals surface area contributed by atoms with Gasteiger partial charge in [-0.25, -0.2) is 18.4 Å². The van der Waals surface area contributed by atoms with Gasteiger partial charge in [0.2, 0.25) is 10.0 Å². The largest absolute Gasteiger partial charge is 0.335 e. The Hall–Kier alpha value is -2.03. The summed E-state index contributed by atoms with van der Waals surface area (Å²) < 4.78 is 27.3. The van der Waals surface area contributed by atoms with Crippen LogP contribution in [0.2, 0.25) is 5.02 Å². The Kier molecular flexibility index (Phi) is 6.55. The SMILES string of the molecule is CCC(C)c1ccc(S(=O)(=O)N2CCN(C(=O)c3nc(C)ncc3Cl)CC2)cc1. The molecule has 0 N–H and O–H groups in total. The molecule has 156 valence electrons. The number of piperazine rings is 1. The molecular weight excluding hydrogens is 412 g/mol. The monoisotopic (exact) mass is 436 g/mol. The maximum absolute atomic E-state index is 13.0. The highest BCUT2D eigenvalue weighted by molar-refractivity contribution is 7.89. The quantitative estimate of drug-likeness (QED) is 0.719. The molecule has 1 unspecified atom stereocenters. The van der Waals surface area contributed by atoms with Crippen LogP contribution < -0.4 is 0 Å². The molecule has 0 radical (unpaired) electrons. The van der Waals surface area contributed by atoms with Gasteiger partial charge in [-0.2, -0.15) is 4.31 Å². The molecule has 2 aromatic rings. The topological polar surface area (TPSA) is 83.5 Å². The smallest absolute Gasteiger partial charge is 0.274 e. The first kappa shape index (κ1) is 21.7. The number of hydrogen-bond donors (Lipinski definition) is 0. The Bertz CT molecular complexity index is 987. The first-order chi connectivity index (χ1) is 13.7. The van der Waals surface area contributed by atoms with Gasteiger partial charge in [-0.3, -0.25) is 4.79 Å². The van der Waals surface area contributed by atoms with E-state index < -0.39 is 10.0 Å². The fourth-order valence-electron chi connectivity index (χ4n) is 3.24. The molecule has 1 amide bonds. The van der Waals surface area contributed by atoms with Crippen molar-refractivity contribution in [3.63, 3.8) is 0 Å². The van der Waals surface area contributed by atoms with E-state index >= 15 is 0 Å². The summed E-state index contributed by atoms with van der Waals surface area (Å²) in [4.78, 5) is 22.7. The van der Waals surface area contributed by atoms with Crippen LogP contribution in [0, 0.1) is 6.92 Å². The van der Waals surface area contributed by atoms with Crippen LogP contribution in [0.1, 0.15) is 48.1 Å². The van der Waals surface area contributed by atoms with Crippen LogP contribution in [0.5, 0.6) is 0 Å². The Balaban J connectivity index is 1.69. The second-order valence-corrected chi connectivity index (χ2v) is 9.53. The zero-order valence-corrected chi connectivity index (χ0v) is 18.4. The number of benzene rings is 1. The fourth-order valence-corrected chi connectivity index (χ4v) is 4.83. The van der Waals surface area contributed by atoms with Crippen LogP contribution in [0.15, 0.2) is 35.4 Å². The van der Waals surface area contributed by atoms with Crippen LogP contribution in [0.25, 0.3) is 0 Å². The van der Waals surface area contributed by atoms with Gasteiger partial charge in [-0.15, -0.1) is 0 Å². The van der Waals surface area contributed by atoms with Crippen LogP contribution in [-0.2, 0) is 10.0 Å². The van der Waals surface area contributed by atoms with Gasteiger partial charge in [0.25, 0.3) is 5.91 Å². The van der Waals surface area contributed by atoms with E-state index in [-0.39, 0.29) is 47.7 Å². The van der Waals surface area contributed by atoms with Crippen molar-refractivity contribution in [3.8, 4) is 0 Å². The summed E-state index contributed by atoms with van der Waals surface area (Å²) in [5, 5.41) is 0.192. The number of rotatable bonds is 5. The van der Waals surface area contributed by atoms with Crippen molar-refractivity contribution in [2.75, 3.05) is 26.2 Å². The third-order valence-electron chi connectivity index (χ3n) is 5.29. The molecule has 1 atom stereocenters. The average Bonchev–Trinajstić information content (AvgIpc) is 2.74. The van der Waals surface area contributed by atoms with E-state index in [1.54, 1.807) is 24.0 Å². The molecule has 1 aromatic heterocycles. The predicted octanol–water partition coefficient (Wildman–Crippen LogP) is 3.10. The minimum absolute atomic E-state index is 0.149. The number of sulfonamides is 1. The maximum Gasteiger partial charge on any atom is 0.274 e. The van der Waals surface area contributed by atoms with Gasteiger partial charge in [0.05, 0.1) is 16.1 Å². The molecule has 1 aromatic carbocycles. The number of hydrogen-bond acceptors (Lipinski definition) is 5. The van der Waals surface area contributed by atoms with Gasteiger partial charge in [0, 0.05) is 26.2 Å². The van der Waals surface area contributed by atoms with Crippen molar-refractivity contribution in [1.82, 2.24) is 19.2 Å². The summed E-state index contributed by atoms with van der Waals surface area (Å²) in [6.07, 6.45) is 2.40. The third-order valence-corrected chi connectivity index (χ3v) is 7.48. The molecule has 2 heterocycles. The van der Waals surface area contributed by atoms with Crippen molar-refractivity contribution in [2.24, 2.45) is 0 Å². The van der Waals surface area contributed by atoms with E-state index in [2.05, 4.69) is 23.8 Å². The molecule has 0 saturated carbocycles. The summed E-state index contributed by atoms with van der Waals surface area (Å²) >= 11 is 6.06. The lowest BCUT2D eigenvalue weighted by molar-refractivity contribution is 0.0691. The van der Waals surface area contributed by atoms with E-state index in [0.717, 1.165) is 12.0 Å². The molecule has 29 heavy (non-hydrogen) atoms. The van der Waals surface area contributed by atoms with Crippen molar-refractivity contribution in [2.45, 2.75) is 38.0 Å². The molecule has 9 heteroatoms. The maximum atomic E-state index is 13.0. The average molecular weight is 437 g/mol. The minimum Gasteiger partial charge on any atom is -0.335 e. The lowest BCUT2D eigenvalue weighted by atomic mass is 9.99. The van der Waals surface area contributed by atoms with Gasteiger partial charge < -0.3 is 4.90 Å². The van der Waals surface area contributed by atoms with Gasteiger partial charge >= 0.3 is 0 Å². The number of aryl methyl sites for hydroxylation is 1. The van der Waals surface area contributed by atoms with E-state index in [9.17, 15) is 13.2 Å². The first-order valence-electron chi connectivity index (χ1n) is 9.62. The Morgan fingerprint density at radius 2 is 1.79 bits per heavy atom. The second-order valence-electron chi connectivity index (χ2n) is 7.19. The highest BCUT2D eigenvalue weighted by atomic mass is 35.5. The lowest BCUT2D eigenvalue weighted by Crippen LogP contribution is -2.50. The summed E-state index contributed by atoms with van der Waals surface area (Å²) in [5.74, 6) is 0.536. The third kappa shape index (κ3) is 4.60. The standard InChI is InChI=1S/C20H25ClN4O3S/c1-4-14(2)16-5-7-17(8-6-16)29(27,28)25-11-9-24(10-12-25)20(26)19-18(21)13-22-15(3)23-19/h5-8,13-14H,4,9-12H2,1-3H3. The summed E-state index contributed by atoms with van der Waals surface area (Å²) in [5.41, 5.74) is 1.27. The summed E-state index contributed by atoms with van der Waals surface area (Å²) in [7, 11) is -3.60. The number of aromatic nitrogens is 2. The number of amides is 1. The molecule has 1 aliphatic rings. The van der Waals surface area contributed by atoms with E-state index in [4.69, 9.17) is 11.6 Å². The molecule has 1 saturated heterocycles. The normalized spacial score (nSPS) is 16.6. The van der Waals surface area contributed by atoms with Crippen molar-refractivity contribution in [3.05, 3.63) is 52.6 Å². The Labute approximate surface area is 176 Å². The highest BCUT2D eigenvalue weighted by Gasteiger charge is 2.31. The molecule has 3 rings (SSSR count). The van der Waals surface area contributed by atoms with Crippen molar-refractivity contribution < 1.29 is 13.2 Å². The first-order valence-corrected chi connectivity index (χ1v) is 11.4. The lowest BCUT2D eigenvalue weighted by Gasteiger charge is -2.34. The van der Waals surface area contributed by atoms with Crippen molar-refractivity contribution >= 4 is 27.5 Å². The number of carbonyl (C=O) groups excluding carboxylic acids is 1. The second kappa shape index (κ2) is 8.77. The molecule has 1 aliphatic heterocycles. The molecule has 7 nitrogen and oxygen atoms in total. The van der Waals surface area contributed by atoms with E-state index in [1.807, 2.05) is 12.1 Å². The van der Waals surface area contributed by atoms with E-state index in [1.165, 1.54) is 10.5 Å². The van der Waals surface area contributed by atoms with Gasteiger partial charge in [0.15, 0.2) is 5.69 Å². The van der Waals surface area contributed by atoms with Gasteiger partial charge in [0.1, 0.15) is 5.82 Å². The van der Waals surface area contributed by atoms with Crippen LogP contribution in [0.4, 0.5) is 0 Å². The van der Waals surface area contributed by atoms with Crippen LogP contribution in [0.3, 0.4) is 0 Å². The zero-order chi connectivity index (χ0) is 21.2. The van der Waals surface area contributed by atoms with Gasteiger partial charge in [-0.1, -0.05) is 37.6 Å². The molecule has 0 spiro atoms. The van der Waals surface area contributed by atoms with Gasteiger partial charge in [-0.05, 0) is 37.0 Å². The Morgan fingerprint density at radius 1 is 1.17 bits per heavy atom. The Morgan fingerprint density at radius 3 is 2.38 bits per heavy atom. The number of halogens is 1. The summed E-state index contributed by atoms with van der Waals surface area (Å²) in [6.45, 7) is 6.91. The molecule has 0 aliphatic carbocycles. The van der Waals surface area contributed by atoms with Crippen molar-refractivity contribution in [1.29, 1.82) is 0 Å². The summed E-state index contributed by atoms with van der Waals surface area (Å²) in [6, 6.07) is 7.08.